The molecule has 0 spiro atoms. The third-order valence-corrected chi connectivity index (χ3v) is 2.66. The van der Waals surface area contributed by atoms with Crippen molar-refractivity contribution in [3.63, 3.8) is 0 Å². The topological polar surface area (TPSA) is 49.6 Å². The van der Waals surface area contributed by atoms with Crippen molar-refractivity contribution < 1.29 is 4.79 Å². The Bertz CT molecular complexity index is 178. The molecule has 0 aromatic carbocycles. The van der Waals surface area contributed by atoms with E-state index in [9.17, 15) is 4.79 Å². The molecule has 0 aliphatic carbocycles. The van der Waals surface area contributed by atoms with E-state index in [0.29, 0.717) is 6.54 Å². The average Bonchev–Trinajstić information content (AvgIpc) is 2.71. The SMILES string of the molecule is CCN(CCCN)C(=O)N1CCCC1. The van der Waals surface area contributed by atoms with Crippen LogP contribution in [0.25, 0.3) is 0 Å². The molecule has 1 rings (SSSR count). The summed E-state index contributed by atoms with van der Waals surface area (Å²) in [6, 6.07) is 0.193. The maximum absolute atomic E-state index is 11.9. The largest absolute Gasteiger partial charge is 0.330 e. The lowest BCUT2D eigenvalue weighted by Crippen LogP contribution is -2.42. The van der Waals surface area contributed by atoms with E-state index in [4.69, 9.17) is 5.73 Å². The van der Waals surface area contributed by atoms with E-state index in [-0.39, 0.29) is 6.03 Å². The molecule has 0 aromatic heterocycles. The molecule has 14 heavy (non-hydrogen) atoms. The van der Waals surface area contributed by atoms with Crippen LogP contribution < -0.4 is 5.73 Å². The first kappa shape index (κ1) is 11.3. The van der Waals surface area contributed by atoms with Crippen molar-refractivity contribution in [1.82, 2.24) is 9.80 Å². The number of carbonyl (C=O) groups excluding carboxylic acids is 1. The summed E-state index contributed by atoms with van der Waals surface area (Å²) in [4.78, 5) is 15.7. The van der Waals surface area contributed by atoms with Gasteiger partial charge in [-0.25, -0.2) is 4.79 Å². The first-order valence-corrected chi connectivity index (χ1v) is 5.53. The van der Waals surface area contributed by atoms with Gasteiger partial charge in [0.1, 0.15) is 0 Å². The summed E-state index contributed by atoms with van der Waals surface area (Å²) in [5.41, 5.74) is 5.43. The summed E-state index contributed by atoms with van der Waals surface area (Å²) < 4.78 is 0. The second-order valence-corrected chi connectivity index (χ2v) is 3.70. The van der Waals surface area contributed by atoms with Gasteiger partial charge in [-0.05, 0) is 32.7 Å². The smallest absolute Gasteiger partial charge is 0.319 e. The Balaban J connectivity index is 2.37. The Hall–Kier alpha value is -0.770. The fraction of sp³-hybridized carbons (Fsp3) is 0.900. The predicted octanol–water partition coefficient (Wildman–Crippen LogP) is 0.873. The van der Waals surface area contributed by atoms with E-state index in [0.717, 1.165) is 45.4 Å². The van der Waals surface area contributed by atoms with E-state index >= 15 is 0 Å². The lowest BCUT2D eigenvalue weighted by Gasteiger charge is -2.26. The van der Waals surface area contributed by atoms with Crippen LogP contribution in [0.3, 0.4) is 0 Å². The maximum atomic E-state index is 11.9. The van der Waals surface area contributed by atoms with Crippen LogP contribution in [0.1, 0.15) is 26.2 Å². The molecule has 0 atom stereocenters. The standard InChI is InChI=1S/C10H21N3O/c1-2-12(9-5-6-11)10(14)13-7-3-4-8-13/h2-9,11H2,1H3. The summed E-state index contributed by atoms with van der Waals surface area (Å²) in [5.74, 6) is 0. The molecular weight excluding hydrogens is 178 g/mol. The predicted molar refractivity (Wildman–Crippen MR) is 57.1 cm³/mol. The van der Waals surface area contributed by atoms with Crippen molar-refractivity contribution in [2.24, 2.45) is 5.73 Å². The molecular formula is C10H21N3O. The summed E-state index contributed by atoms with van der Waals surface area (Å²) in [6.45, 7) is 6.11. The highest BCUT2D eigenvalue weighted by molar-refractivity contribution is 5.74. The number of amides is 2. The number of hydrogen-bond acceptors (Lipinski definition) is 2. The van der Waals surface area contributed by atoms with E-state index in [2.05, 4.69) is 0 Å². The van der Waals surface area contributed by atoms with Gasteiger partial charge in [-0.1, -0.05) is 0 Å². The Labute approximate surface area is 86.0 Å². The van der Waals surface area contributed by atoms with Crippen LogP contribution in [0.2, 0.25) is 0 Å². The van der Waals surface area contributed by atoms with Gasteiger partial charge < -0.3 is 15.5 Å². The average molecular weight is 199 g/mol. The molecule has 1 aliphatic rings. The molecule has 1 aliphatic heterocycles. The minimum Gasteiger partial charge on any atom is -0.330 e. The maximum Gasteiger partial charge on any atom is 0.319 e. The summed E-state index contributed by atoms with van der Waals surface area (Å²) in [5, 5.41) is 0. The van der Waals surface area contributed by atoms with Crippen molar-refractivity contribution in [2.45, 2.75) is 26.2 Å². The van der Waals surface area contributed by atoms with Gasteiger partial charge in [-0.2, -0.15) is 0 Å². The molecule has 1 fully saturated rings. The summed E-state index contributed by atoms with van der Waals surface area (Å²) in [6.07, 6.45) is 3.20. The van der Waals surface area contributed by atoms with E-state index < -0.39 is 0 Å². The molecule has 0 radical (unpaired) electrons. The van der Waals surface area contributed by atoms with Gasteiger partial charge >= 0.3 is 6.03 Å². The lowest BCUT2D eigenvalue weighted by atomic mass is 10.4. The zero-order valence-electron chi connectivity index (χ0n) is 9.04. The van der Waals surface area contributed by atoms with E-state index in [1.807, 2.05) is 16.7 Å². The van der Waals surface area contributed by atoms with Gasteiger partial charge in [0.15, 0.2) is 0 Å². The third kappa shape index (κ3) is 2.87. The number of likely N-dealkylation sites (tertiary alicyclic amines) is 1. The Morgan fingerprint density at radius 3 is 2.57 bits per heavy atom. The molecule has 1 heterocycles. The fourth-order valence-corrected chi connectivity index (χ4v) is 1.78. The van der Waals surface area contributed by atoms with Crippen LogP contribution in [0.4, 0.5) is 4.79 Å². The molecule has 0 unspecified atom stereocenters. The first-order chi connectivity index (χ1) is 6.79. The van der Waals surface area contributed by atoms with Crippen molar-refractivity contribution >= 4 is 6.03 Å². The minimum absolute atomic E-state index is 0.193. The van der Waals surface area contributed by atoms with Crippen molar-refractivity contribution in [1.29, 1.82) is 0 Å². The summed E-state index contributed by atoms with van der Waals surface area (Å²) in [7, 11) is 0. The van der Waals surface area contributed by atoms with Crippen molar-refractivity contribution in [2.75, 3.05) is 32.7 Å². The first-order valence-electron chi connectivity index (χ1n) is 5.53. The van der Waals surface area contributed by atoms with Crippen molar-refractivity contribution in [3.05, 3.63) is 0 Å². The number of hydrogen-bond donors (Lipinski definition) is 1. The summed E-state index contributed by atoms with van der Waals surface area (Å²) >= 11 is 0. The second kappa shape index (κ2) is 5.86. The quantitative estimate of drug-likeness (QED) is 0.730. The van der Waals surface area contributed by atoms with E-state index in [1.165, 1.54) is 0 Å². The number of nitrogens with zero attached hydrogens (tertiary/aromatic N) is 2. The van der Waals surface area contributed by atoms with Crippen LogP contribution in [-0.2, 0) is 0 Å². The number of urea groups is 1. The van der Waals surface area contributed by atoms with Crippen LogP contribution in [0.15, 0.2) is 0 Å². The van der Waals surface area contributed by atoms with Gasteiger partial charge in [0.25, 0.3) is 0 Å². The van der Waals surface area contributed by atoms with Crippen LogP contribution in [-0.4, -0.2) is 48.6 Å². The molecule has 1 saturated heterocycles. The normalized spacial score (nSPS) is 16.0. The molecule has 2 N–H and O–H groups in total. The van der Waals surface area contributed by atoms with Gasteiger partial charge in [0.2, 0.25) is 0 Å². The zero-order valence-corrected chi connectivity index (χ0v) is 9.04. The zero-order chi connectivity index (χ0) is 10.4. The minimum atomic E-state index is 0.193. The third-order valence-electron chi connectivity index (χ3n) is 2.66. The second-order valence-electron chi connectivity index (χ2n) is 3.70. The number of rotatable bonds is 4. The van der Waals surface area contributed by atoms with Gasteiger partial charge in [0, 0.05) is 26.2 Å². The van der Waals surface area contributed by atoms with Gasteiger partial charge in [-0.3, -0.25) is 0 Å². The van der Waals surface area contributed by atoms with Crippen molar-refractivity contribution in [3.8, 4) is 0 Å². The molecule has 0 saturated carbocycles. The Morgan fingerprint density at radius 1 is 1.43 bits per heavy atom. The highest BCUT2D eigenvalue weighted by Gasteiger charge is 2.21. The van der Waals surface area contributed by atoms with Crippen LogP contribution in [0, 0.1) is 0 Å². The highest BCUT2D eigenvalue weighted by Crippen LogP contribution is 2.10. The highest BCUT2D eigenvalue weighted by atomic mass is 16.2. The molecule has 4 nitrogen and oxygen atoms in total. The van der Waals surface area contributed by atoms with Crippen LogP contribution in [0.5, 0.6) is 0 Å². The van der Waals surface area contributed by atoms with Gasteiger partial charge in [0.05, 0.1) is 0 Å². The number of carbonyl (C=O) groups is 1. The van der Waals surface area contributed by atoms with Crippen LogP contribution >= 0.6 is 0 Å². The molecule has 82 valence electrons. The Morgan fingerprint density at radius 2 is 2.07 bits per heavy atom. The molecule has 0 aromatic rings. The molecule has 0 bridgehead atoms. The molecule has 4 heteroatoms. The number of nitrogens with two attached hydrogens (primary N) is 1. The monoisotopic (exact) mass is 199 g/mol. The fourth-order valence-electron chi connectivity index (χ4n) is 1.78. The van der Waals surface area contributed by atoms with E-state index in [1.54, 1.807) is 0 Å². The Kier molecular flexibility index (Phi) is 4.73. The molecule has 2 amide bonds. The lowest BCUT2D eigenvalue weighted by molar-refractivity contribution is 0.164. The van der Waals surface area contributed by atoms with Gasteiger partial charge in [-0.15, -0.1) is 0 Å².